The highest BCUT2D eigenvalue weighted by Crippen LogP contribution is 2.34. The van der Waals surface area contributed by atoms with Crippen LogP contribution in [0.1, 0.15) is 29.3 Å². The molecule has 2 aromatic rings. The van der Waals surface area contributed by atoms with Gasteiger partial charge in [0.15, 0.2) is 0 Å². The van der Waals surface area contributed by atoms with E-state index < -0.39 is 0 Å². The van der Waals surface area contributed by atoms with Gasteiger partial charge in [0.05, 0.1) is 6.54 Å². The molecule has 1 N–H and O–H groups in total. The zero-order chi connectivity index (χ0) is 15.5. The van der Waals surface area contributed by atoms with Crippen molar-refractivity contribution < 1.29 is 4.79 Å². The van der Waals surface area contributed by atoms with Crippen LogP contribution < -0.4 is 5.32 Å². The summed E-state index contributed by atoms with van der Waals surface area (Å²) in [6.45, 7) is 3.32. The number of anilines is 1. The first kappa shape index (κ1) is 15.5. The normalized spacial score (nSPS) is 18.5. The van der Waals surface area contributed by atoms with E-state index in [0.717, 1.165) is 30.6 Å². The zero-order valence-corrected chi connectivity index (χ0v) is 14.1. The molecule has 3 nitrogen and oxygen atoms in total. The maximum Gasteiger partial charge on any atom is 0.238 e. The van der Waals surface area contributed by atoms with Crippen LogP contribution in [-0.2, 0) is 4.79 Å². The summed E-state index contributed by atoms with van der Waals surface area (Å²) >= 11 is 7.87. The Bertz CT molecular complexity index is 657. The summed E-state index contributed by atoms with van der Waals surface area (Å²) in [7, 11) is 0. The van der Waals surface area contributed by atoms with E-state index in [9.17, 15) is 4.79 Å². The summed E-state index contributed by atoms with van der Waals surface area (Å²) < 4.78 is 0. The van der Waals surface area contributed by atoms with Crippen molar-refractivity contribution in [2.24, 2.45) is 0 Å². The van der Waals surface area contributed by atoms with Gasteiger partial charge in [-0.2, -0.15) is 0 Å². The Hall–Kier alpha value is -1.36. The van der Waals surface area contributed by atoms with Crippen molar-refractivity contribution in [2.75, 3.05) is 18.4 Å². The summed E-state index contributed by atoms with van der Waals surface area (Å²) in [6, 6.07) is 10.2. The van der Waals surface area contributed by atoms with Crippen LogP contribution >= 0.6 is 22.9 Å². The quantitative estimate of drug-likeness (QED) is 0.893. The van der Waals surface area contributed by atoms with Crippen LogP contribution in [0.2, 0.25) is 5.02 Å². The molecule has 1 amide bonds. The molecule has 2 heterocycles. The molecule has 1 atom stereocenters. The van der Waals surface area contributed by atoms with Crippen molar-refractivity contribution in [3.63, 3.8) is 0 Å². The Morgan fingerprint density at radius 1 is 1.41 bits per heavy atom. The molecule has 0 spiro atoms. The molecule has 1 saturated heterocycles. The van der Waals surface area contributed by atoms with Gasteiger partial charge in [-0.15, -0.1) is 11.3 Å². The molecule has 1 aromatic heterocycles. The third kappa shape index (κ3) is 3.35. The average molecular weight is 335 g/mol. The Labute approximate surface area is 139 Å². The van der Waals surface area contributed by atoms with E-state index >= 15 is 0 Å². The van der Waals surface area contributed by atoms with Gasteiger partial charge in [0.1, 0.15) is 0 Å². The van der Waals surface area contributed by atoms with E-state index in [2.05, 4.69) is 27.7 Å². The van der Waals surface area contributed by atoms with Gasteiger partial charge in [-0.25, -0.2) is 0 Å². The van der Waals surface area contributed by atoms with Crippen LogP contribution in [0.25, 0.3) is 0 Å². The third-order valence-electron chi connectivity index (χ3n) is 4.12. The number of thiophene rings is 1. The lowest BCUT2D eigenvalue weighted by Crippen LogP contribution is -2.32. The Balaban J connectivity index is 1.65. The summed E-state index contributed by atoms with van der Waals surface area (Å²) in [5.74, 6) is 0.0221. The van der Waals surface area contributed by atoms with Crippen molar-refractivity contribution >= 4 is 34.5 Å². The summed E-state index contributed by atoms with van der Waals surface area (Å²) in [6.07, 6.45) is 2.27. The summed E-state index contributed by atoms with van der Waals surface area (Å²) in [4.78, 5) is 16.0. The fourth-order valence-corrected chi connectivity index (χ4v) is 4.01. The maximum absolute atomic E-state index is 12.4. The number of nitrogens with one attached hydrogen (secondary N) is 1. The fourth-order valence-electron chi connectivity index (χ4n) is 2.94. The smallest absolute Gasteiger partial charge is 0.238 e. The molecule has 3 rings (SSSR count). The molecule has 1 aromatic carbocycles. The van der Waals surface area contributed by atoms with Gasteiger partial charge in [0.25, 0.3) is 0 Å². The van der Waals surface area contributed by atoms with Gasteiger partial charge >= 0.3 is 0 Å². The molecule has 0 saturated carbocycles. The molecule has 1 aliphatic heterocycles. The minimum absolute atomic E-state index is 0.0221. The zero-order valence-electron chi connectivity index (χ0n) is 12.5. The Kier molecular flexibility index (Phi) is 4.81. The maximum atomic E-state index is 12.4. The van der Waals surface area contributed by atoms with E-state index in [0.29, 0.717) is 17.6 Å². The lowest BCUT2D eigenvalue weighted by molar-refractivity contribution is -0.117. The van der Waals surface area contributed by atoms with E-state index in [4.69, 9.17) is 11.6 Å². The van der Waals surface area contributed by atoms with Gasteiger partial charge in [-0.1, -0.05) is 23.7 Å². The van der Waals surface area contributed by atoms with Crippen molar-refractivity contribution in [1.29, 1.82) is 0 Å². The predicted octanol–water partition coefficient (Wildman–Crippen LogP) is 4.49. The first-order valence-corrected chi connectivity index (χ1v) is 8.73. The number of likely N-dealkylation sites (tertiary alicyclic amines) is 1. The SMILES string of the molecule is Cc1c(Cl)cccc1NC(=O)CN1CCC[C@H]1c1cccs1. The van der Waals surface area contributed by atoms with Crippen LogP contribution in [0.15, 0.2) is 35.7 Å². The van der Waals surface area contributed by atoms with E-state index in [-0.39, 0.29) is 5.91 Å². The van der Waals surface area contributed by atoms with Crippen LogP contribution in [0.5, 0.6) is 0 Å². The summed E-state index contributed by atoms with van der Waals surface area (Å²) in [5, 5.41) is 5.76. The van der Waals surface area contributed by atoms with Crippen molar-refractivity contribution in [3.8, 4) is 0 Å². The third-order valence-corrected chi connectivity index (χ3v) is 5.51. The van der Waals surface area contributed by atoms with Crippen LogP contribution in [-0.4, -0.2) is 23.9 Å². The minimum atomic E-state index is 0.0221. The number of carbonyl (C=O) groups is 1. The van der Waals surface area contributed by atoms with Gasteiger partial charge < -0.3 is 5.32 Å². The van der Waals surface area contributed by atoms with Gasteiger partial charge in [-0.05, 0) is 55.5 Å². The Morgan fingerprint density at radius 3 is 3.05 bits per heavy atom. The second-order valence-corrected chi connectivity index (χ2v) is 6.99. The Morgan fingerprint density at radius 2 is 2.27 bits per heavy atom. The second-order valence-electron chi connectivity index (χ2n) is 5.60. The molecular formula is C17H19ClN2OS. The number of benzene rings is 1. The van der Waals surface area contributed by atoms with Crippen LogP contribution in [0.3, 0.4) is 0 Å². The molecular weight excluding hydrogens is 316 g/mol. The highest BCUT2D eigenvalue weighted by molar-refractivity contribution is 7.10. The predicted molar refractivity (Wildman–Crippen MR) is 92.7 cm³/mol. The van der Waals surface area contributed by atoms with Gasteiger partial charge in [0.2, 0.25) is 5.91 Å². The second kappa shape index (κ2) is 6.82. The topological polar surface area (TPSA) is 32.3 Å². The molecule has 1 fully saturated rings. The first-order valence-electron chi connectivity index (χ1n) is 7.47. The van der Waals surface area contributed by atoms with Crippen LogP contribution in [0, 0.1) is 6.92 Å². The molecule has 22 heavy (non-hydrogen) atoms. The van der Waals surface area contributed by atoms with E-state index in [1.54, 1.807) is 11.3 Å². The lowest BCUT2D eigenvalue weighted by atomic mass is 10.2. The van der Waals surface area contributed by atoms with E-state index in [1.807, 2.05) is 25.1 Å². The molecule has 0 radical (unpaired) electrons. The molecule has 0 unspecified atom stereocenters. The highest BCUT2D eigenvalue weighted by Gasteiger charge is 2.28. The monoisotopic (exact) mass is 334 g/mol. The lowest BCUT2D eigenvalue weighted by Gasteiger charge is -2.23. The number of hydrogen-bond acceptors (Lipinski definition) is 3. The molecule has 0 bridgehead atoms. The molecule has 116 valence electrons. The number of rotatable bonds is 4. The standard InChI is InChI=1S/C17H19ClN2OS/c1-12-13(18)5-2-6-14(12)19-17(21)11-20-9-3-7-15(20)16-8-4-10-22-16/h2,4-6,8,10,15H,3,7,9,11H2,1H3,(H,19,21)/t15-/m0/s1. The van der Waals surface area contributed by atoms with Gasteiger partial charge in [0, 0.05) is 21.6 Å². The average Bonchev–Trinajstić information content (AvgIpc) is 3.14. The molecule has 5 heteroatoms. The molecule has 1 aliphatic rings. The minimum Gasteiger partial charge on any atom is -0.325 e. The number of amides is 1. The first-order chi connectivity index (χ1) is 10.6. The van der Waals surface area contributed by atoms with Crippen LogP contribution in [0.4, 0.5) is 5.69 Å². The number of hydrogen-bond donors (Lipinski definition) is 1. The molecule has 0 aliphatic carbocycles. The van der Waals surface area contributed by atoms with E-state index in [1.165, 1.54) is 4.88 Å². The fraction of sp³-hybridized carbons (Fsp3) is 0.353. The number of halogens is 1. The van der Waals surface area contributed by atoms with Crippen molar-refractivity contribution in [1.82, 2.24) is 4.90 Å². The summed E-state index contributed by atoms with van der Waals surface area (Å²) in [5.41, 5.74) is 1.71. The van der Waals surface area contributed by atoms with Crippen molar-refractivity contribution in [3.05, 3.63) is 51.2 Å². The largest absolute Gasteiger partial charge is 0.325 e. The van der Waals surface area contributed by atoms with Crippen molar-refractivity contribution in [2.45, 2.75) is 25.8 Å². The van der Waals surface area contributed by atoms with Gasteiger partial charge in [-0.3, -0.25) is 9.69 Å². The number of carbonyl (C=O) groups excluding carboxylic acids is 1. The number of nitrogens with zero attached hydrogens (tertiary/aromatic N) is 1. The highest BCUT2D eigenvalue weighted by atomic mass is 35.5.